The van der Waals surface area contributed by atoms with Crippen LogP contribution < -0.4 is 9.64 Å². The van der Waals surface area contributed by atoms with Crippen LogP contribution in [0, 0.1) is 5.82 Å². The summed E-state index contributed by atoms with van der Waals surface area (Å²) in [7, 11) is 3.99. The van der Waals surface area contributed by atoms with Crippen LogP contribution in [0.2, 0.25) is 0 Å². The van der Waals surface area contributed by atoms with E-state index >= 15 is 0 Å². The van der Waals surface area contributed by atoms with Crippen molar-refractivity contribution in [3.63, 3.8) is 0 Å². The van der Waals surface area contributed by atoms with Gasteiger partial charge in [-0.15, -0.1) is 0 Å². The number of carbonyl (C=O) groups excluding carboxylic acids is 1. The van der Waals surface area contributed by atoms with E-state index in [2.05, 4.69) is 9.88 Å². The molecular formula is C25H24FN3O2S. The molecule has 0 N–H and O–H groups in total. The molecule has 0 saturated heterocycles. The zero-order chi connectivity index (χ0) is 22.5. The first-order valence-electron chi connectivity index (χ1n) is 10.4. The summed E-state index contributed by atoms with van der Waals surface area (Å²) in [6.45, 7) is 1.34. The summed E-state index contributed by atoms with van der Waals surface area (Å²) in [5.74, 6) is 0.806. The fraction of sp³-hybridized carbons (Fsp3) is 0.200. The third kappa shape index (κ3) is 5.30. The molecular weight excluding hydrogens is 425 g/mol. The zero-order valence-electron chi connectivity index (χ0n) is 18.0. The molecule has 0 unspecified atom stereocenters. The number of carbonyl (C=O) groups is 1. The number of rotatable bonds is 8. The summed E-state index contributed by atoms with van der Waals surface area (Å²) in [6, 6.07) is 21.0. The summed E-state index contributed by atoms with van der Waals surface area (Å²) in [4.78, 5) is 21.9. The van der Waals surface area contributed by atoms with E-state index in [0.717, 1.165) is 13.0 Å². The number of aromatic nitrogens is 1. The lowest BCUT2D eigenvalue weighted by molar-refractivity contribution is 0.0985. The number of halogens is 1. The van der Waals surface area contributed by atoms with Gasteiger partial charge in [-0.25, -0.2) is 9.37 Å². The van der Waals surface area contributed by atoms with E-state index in [1.807, 2.05) is 50.5 Å². The van der Waals surface area contributed by atoms with Crippen molar-refractivity contribution in [1.82, 2.24) is 9.88 Å². The van der Waals surface area contributed by atoms with Gasteiger partial charge >= 0.3 is 0 Å². The number of benzene rings is 3. The van der Waals surface area contributed by atoms with Crippen molar-refractivity contribution in [3.8, 4) is 11.5 Å². The number of nitrogens with zero attached hydrogens (tertiary/aromatic N) is 3. The molecule has 164 valence electrons. The van der Waals surface area contributed by atoms with Crippen LogP contribution in [0.3, 0.4) is 0 Å². The van der Waals surface area contributed by atoms with Gasteiger partial charge in [-0.2, -0.15) is 0 Å². The molecule has 0 bridgehead atoms. The first kappa shape index (κ1) is 21.9. The predicted octanol–water partition coefficient (Wildman–Crippen LogP) is 5.83. The SMILES string of the molecule is CN(C)CCCN(C(=O)c1cccc(Oc2ccccc2)c1)c1nc2ccc(F)cc2s1. The Morgan fingerprint density at radius 1 is 0.969 bits per heavy atom. The maximum atomic E-state index is 13.7. The number of para-hydroxylation sites is 1. The average molecular weight is 450 g/mol. The predicted molar refractivity (Wildman–Crippen MR) is 127 cm³/mol. The molecule has 3 aromatic carbocycles. The Balaban J connectivity index is 1.62. The largest absolute Gasteiger partial charge is 0.457 e. The standard InChI is InChI=1S/C25H24FN3O2S/c1-28(2)14-7-15-29(25-27-22-13-12-19(26)17-23(22)32-25)24(30)18-8-6-11-21(16-18)31-20-9-4-3-5-10-20/h3-6,8-13,16-17H,7,14-15H2,1-2H3. The summed E-state index contributed by atoms with van der Waals surface area (Å²) in [5.41, 5.74) is 1.19. The van der Waals surface area contributed by atoms with Gasteiger partial charge < -0.3 is 9.64 Å². The minimum atomic E-state index is -0.316. The van der Waals surface area contributed by atoms with Crippen LogP contribution in [-0.2, 0) is 0 Å². The Morgan fingerprint density at radius 2 is 1.75 bits per heavy atom. The minimum Gasteiger partial charge on any atom is -0.457 e. The summed E-state index contributed by atoms with van der Waals surface area (Å²) in [5, 5.41) is 0.559. The zero-order valence-corrected chi connectivity index (χ0v) is 18.8. The smallest absolute Gasteiger partial charge is 0.260 e. The van der Waals surface area contributed by atoms with Crippen molar-refractivity contribution in [3.05, 3.63) is 84.2 Å². The van der Waals surface area contributed by atoms with E-state index in [-0.39, 0.29) is 11.7 Å². The highest BCUT2D eigenvalue weighted by Crippen LogP contribution is 2.31. The first-order chi connectivity index (χ1) is 15.5. The van der Waals surface area contributed by atoms with Gasteiger partial charge in [0.05, 0.1) is 10.2 Å². The van der Waals surface area contributed by atoms with Gasteiger partial charge in [0.2, 0.25) is 0 Å². The third-order valence-electron chi connectivity index (χ3n) is 4.86. The van der Waals surface area contributed by atoms with Crippen molar-refractivity contribution in [2.75, 3.05) is 32.1 Å². The van der Waals surface area contributed by atoms with Crippen molar-refractivity contribution in [1.29, 1.82) is 0 Å². The number of fused-ring (bicyclic) bond motifs is 1. The lowest BCUT2D eigenvalue weighted by Gasteiger charge is -2.21. The van der Waals surface area contributed by atoms with E-state index in [1.165, 1.54) is 23.5 Å². The number of hydrogen-bond donors (Lipinski definition) is 0. The molecule has 32 heavy (non-hydrogen) atoms. The van der Waals surface area contributed by atoms with Gasteiger partial charge in [0, 0.05) is 12.1 Å². The lowest BCUT2D eigenvalue weighted by atomic mass is 10.2. The van der Waals surface area contributed by atoms with E-state index in [1.54, 1.807) is 29.2 Å². The molecule has 1 amide bonds. The van der Waals surface area contributed by atoms with Gasteiger partial charge in [0.1, 0.15) is 17.3 Å². The van der Waals surface area contributed by atoms with E-state index < -0.39 is 0 Å². The quantitative estimate of drug-likeness (QED) is 0.340. The van der Waals surface area contributed by atoms with E-state index in [4.69, 9.17) is 4.74 Å². The molecule has 1 heterocycles. The van der Waals surface area contributed by atoms with Crippen LogP contribution in [0.4, 0.5) is 9.52 Å². The van der Waals surface area contributed by atoms with Crippen molar-refractivity contribution >= 4 is 32.6 Å². The highest BCUT2D eigenvalue weighted by Gasteiger charge is 2.22. The molecule has 0 atom stereocenters. The summed E-state index contributed by atoms with van der Waals surface area (Å²) < 4.78 is 20.3. The molecule has 0 aliphatic heterocycles. The molecule has 0 fully saturated rings. The molecule has 7 heteroatoms. The molecule has 0 saturated carbocycles. The third-order valence-corrected chi connectivity index (χ3v) is 5.90. The molecule has 0 aliphatic rings. The molecule has 0 aliphatic carbocycles. The maximum Gasteiger partial charge on any atom is 0.260 e. The molecule has 5 nitrogen and oxygen atoms in total. The second-order valence-corrected chi connectivity index (χ2v) is 8.67. The Labute approximate surface area is 190 Å². The molecule has 4 aromatic rings. The van der Waals surface area contributed by atoms with Gasteiger partial charge in [-0.3, -0.25) is 9.69 Å². The van der Waals surface area contributed by atoms with Gasteiger partial charge in [0.25, 0.3) is 5.91 Å². The highest BCUT2D eigenvalue weighted by molar-refractivity contribution is 7.22. The van der Waals surface area contributed by atoms with Crippen molar-refractivity contribution in [2.24, 2.45) is 0 Å². The number of hydrogen-bond acceptors (Lipinski definition) is 5. The second kappa shape index (κ2) is 9.89. The van der Waals surface area contributed by atoms with E-state index in [0.29, 0.717) is 39.0 Å². The van der Waals surface area contributed by atoms with Crippen LogP contribution in [-0.4, -0.2) is 43.0 Å². The molecule has 0 spiro atoms. The highest BCUT2D eigenvalue weighted by atomic mass is 32.1. The maximum absolute atomic E-state index is 13.7. The number of anilines is 1. The molecule has 1 aromatic heterocycles. The Kier molecular flexibility index (Phi) is 6.78. The summed E-state index contributed by atoms with van der Waals surface area (Å²) in [6.07, 6.45) is 0.781. The van der Waals surface area contributed by atoms with Crippen molar-refractivity contribution < 1.29 is 13.9 Å². The molecule has 0 radical (unpaired) electrons. The topological polar surface area (TPSA) is 45.7 Å². The van der Waals surface area contributed by atoms with Crippen LogP contribution in [0.5, 0.6) is 11.5 Å². The fourth-order valence-corrected chi connectivity index (χ4v) is 4.32. The van der Waals surface area contributed by atoms with Gasteiger partial charge in [-0.05, 0) is 75.6 Å². The normalized spacial score (nSPS) is 11.1. The molecule has 4 rings (SSSR count). The van der Waals surface area contributed by atoms with E-state index in [9.17, 15) is 9.18 Å². The van der Waals surface area contributed by atoms with Gasteiger partial charge in [-0.1, -0.05) is 35.6 Å². The van der Waals surface area contributed by atoms with Crippen LogP contribution in [0.25, 0.3) is 10.2 Å². The number of ether oxygens (including phenoxy) is 1. The van der Waals surface area contributed by atoms with Crippen LogP contribution in [0.1, 0.15) is 16.8 Å². The van der Waals surface area contributed by atoms with Crippen LogP contribution >= 0.6 is 11.3 Å². The Hall–Kier alpha value is -3.29. The number of amides is 1. The lowest BCUT2D eigenvalue weighted by Crippen LogP contribution is -2.33. The number of thiazole rings is 1. The Morgan fingerprint density at radius 3 is 2.53 bits per heavy atom. The van der Waals surface area contributed by atoms with Gasteiger partial charge in [0.15, 0.2) is 5.13 Å². The summed E-state index contributed by atoms with van der Waals surface area (Å²) >= 11 is 1.32. The average Bonchev–Trinajstić information content (AvgIpc) is 3.20. The van der Waals surface area contributed by atoms with Crippen molar-refractivity contribution in [2.45, 2.75) is 6.42 Å². The van der Waals surface area contributed by atoms with Crippen LogP contribution in [0.15, 0.2) is 72.8 Å². The minimum absolute atomic E-state index is 0.165. The second-order valence-electron chi connectivity index (χ2n) is 7.67. The fourth-order valence-electron chi connectivity index (χ4n) is 3.30. The first-order valence-corrected chi connectivity index (χ1v) is 11.2. The Bertz CT molecular complexity index is 1210. The monoisotopic (exact) mass is 449 g/mol.